The van der Waals surface area contributed by atoms with Crippen LogP contribution in [-0.4, -0.2) is 142 Å². The zero-order chi connectivity index (χ0) is 45.9. The number of aliphatic carboxylic acids is 1. The molecule has 0 rings (SSSR count). The van der Waals surface area contributed by atoms with Gasteiger partial charge in [0.2, 0.25) is 23.6 Å². The Morgan fingerprint density at radius 1 is 0.516 bits per heavy atom. The Labute approximate surface area is 369 Å². The monoisotopic (exact) mass is 910 g/mol. The van der Waals surface area contributed by atoms with Crippen molar-refractivity contribution in [1.29, 1.82) is 0 Å². The largest absolute Gasteiger partial charge is 0.480 e. The molecule has 20 heteroatoms. The molecule has 0 spiro atoms. The number of nitrogens with one attached hydrogen (secondary N) is 4. The van der Waals surface area contributed by atoms with Crippen molar-refractivity contribution in [3.8, 4) is 0 Å². The summed E-state index contributed by atoms with van der Waals surface area (Å²) in [6.45, 7) is 2.01. The van der Waals surface area contributed by atoms with Crippen molar-refractivity contribution in [3.63, 3.8) is 0 Å². The maximum Gasteiger partial charge on any atom is 0.326 e. The van der Waals surface area contributed by atoms with Gasteiger partial charge in [0.05, 0.1) is 45.7 Å². The highest BCUT2D eigenvalue weighted by Gasteiger charge is 2.21. The van der Waals surface area contributed by atoms with E-state index in [-0.39, 0.29) is 115 Å². The molecule has 0 aromatic carbocycles. The standard InChI is InChI=1S/C42H80N5O14P/c43-36(33-48)19-16-17-23-44-40(51)34-60-30-29-59-27-25-46-41(52)35-61-31-28-58-26-24-45-38(49)22-21-37(42(53)54)47-39(50)20-15-13-11-9-7-5-3-1-2-4-6-8-10-12-14-18-32-62(55,56)57/h33,36-37H,1-32,34-35,43H2,(H,44,51)(H,45,49)(H,46,52)(H,47,50)(H,53,54)(H2,55,56,57)/t36-,37-/m0/s1. The minimum atomic E-state index is -3.84. The predicted molar refractivity (Wildman–Crippen MR) is 234 cm³/mol. The number of carboxylic acid groups (broad SMARTS) is 1. The Bertz CT molecular complexity index is 1230. The van der Waals surface area contributed by atoms with Crippen LogP contribution in [-0.2, 0) is 52.3 Å². The van der Waals surface area contributed by atoms with Crippen LogP contribution in [0.1, 0.15) is 141 Å². The molecule has 0 aromatic heterocycles. The van der Waals surface area contributed by atoms with E-state index < -0.39 is 25.6 Å². The zero-order valence-corrected chi connectivity index (χ0v) is 38.0. The number of hydrogen-bond donors (Lipinski definition) is 8. The van der Waals surface area contributed by atoms with E-state index in [4.69, 9.17) is 34.5 Å². The maximum atomic E-state index is 12.3. The highest BCUT2D eigenvalue weighted by atomic mass is 31.2. The average Bonchev–Trinajstić information content (AvgIpc) is 3.22. The molecule has 4 amide bonds. The lowest BCUT2D eigenvalue weighted by atomic mass is 10.0. The normalized spacial score (nSPS) is 12.4. The molecule has 0 aliphatic carbocycles. The number of carbonyl (C=O) groups excluding carboxylic acids is 5. The number of amides is 4. The molecule has 0 aliphatic heterocycles. The van der Waals surface area contributed by atoms with E-state index in [1.54, 1.807) is 0 Å². The number of carbonyl (C=O) groups is 6. The summed E-state index contributed by atoms with van der Waals surface area (Å²) in [7, 11) is -3.84. The van der Waals surface area contributed by atoms with E-state index in [1.165, 1.54) is 51.4 Å². The smallest absolute Gasteiger partial charge is 0.326 e. The summed E-state index contributed by atoms with van der Waals surface area (Å²) in [5.74, 6) is -2.44. The highest BCUT2D eigenvalue weighted by molar-refractivity contribution is 7.51. The molecule has 0 unspecified atom stereocenters. The SMILES string of the molecule is N[C@H](C=O)CCCCNC(=O)COCCOCCNC(=O)COCCOCCNC(=O)CC[C@H](NC(=O)CCCCCCCCCCCCCCCCCCP(=O)(O)O)C(=O)O. The number of rotatable bonds is 46. The Hall–Kier alpha value is -3.03. The van der Waals surface area contributed by atoms with Crippen molar-refractivity contribution >= 4 is 43.5 Å². The van der Waals surface area contributed by atoms with Crippen molar-refractivity contribution < 1.29 is 67.2 Å². The first-order valence-electron chi connectivity index (χ1n) is 22.7. The van der Waals surface area contributed by atoms with E-state index in [2.05, 4.69) is 21.3 Å². The third-order valence-electron chi connectivity index (χ3n) is 9.71. The highest BCUT2D eigenvalue weighted by Crippen LogP contribution is 2.35. The Kier molecular flexibility index (Phi) is 39.9. The van der Waals surface area contributed by atoms with Crippen molar-refractivity contribution in [1.82, 2.24) is 21.3 Å². The molecule has 0 bridgehead atoms. The third-order valence-corrected chi connectivity index (χ3v) is 10.6. The Morgan fingerprint density at radius 2 is 0.952 bits per heavy atom. The molecule has 0 aliphatic rings. The number of nitrogens with two attached hydrogens (primary N) is 1. The summed E-state index contributed by atoms with van der Waals surface area (Å²) in [6, 6.07) is -1.61. The molecular formula is C42H80N5O14P. The van der Waals surface area contributed by atoms with Crippen LogP contribution in [0.5, 0.6) is 0 Å². The molecule has 362 valence electrons. The summed E-state index contributed by atoms with van der Waals surface area (Å²) in [4.78, 5) is 88.0. The molecule has 9 N–H and O–H groups in total. The molecular weight excluding hydrogens is 829 g/mol. The molecule has 0 fully saturated rings. The van der Waals surface area contributed by atoms with E-state index in [1.807, 2.05) is 0 Å². The van der Waals surface area contributed by atoms with Gasteiger partial charge in [-0.3, -0.25) is 23.7 Å². The van der Waals surface area contributed by atoms with Gasteiger partial charge in [0, 0.05) is 38.6 Å². The molecule has 0 saturated carbocycles. The first-order valence-corrected chi connectivity index (χ1v) is 24.5. The van der Waals surface area contributed by atoms with Crippen LogP contribution in [0.15, 0.2) is 0 Å². The van der Waals surface area contributed by atoms with Crippen LogP contribution in [0.2, 0.25) is 0 Å². The maximum absolute atomic E-state index is 12.3. The summed E-state index contributed by atoms with van der Waals surface area (Å²) >= 11 is 0. The van der Waals surface area contributed by atoms with E-state index in [0.29, 0.717) is 32.1 Å². The summed E-state index contributed by atoms with van der Waals surface area (Å²) < 4.78 is 32.1. The first-order chi connectivity index (χ1) is 29.8. The zero-order valence-electron chi connectivity index (χ0n) is 37.1. The number of hydrogen-bond acceptors (Lipinski definition) is 12. The molecule has 2 atom stereocenters. The van der Waals surface area contributed by atoms with Gasteiger partial charge >= 0.3 is 13.6 Å². The van der Waals surface area contributed by atoms with Crippen LogP contribution in [0.4, 0.5) is 0 Å². The van der Waals surface area contributed by atoms with Gasteiger partial charge in [-0.1, -0.05) is 89.9 Å². The van der Waals surface area contributed by atoms with Gasteiger partial charge in [-0.05, 0) is 38.5 Å². The lowest BCUT2D eigenvalue weighted by Gasteiger charge is -2.14. The van der Waals surface area contributed by atoms with Crippen LogP contribution in [0.25, 0.3) is 0 Å². The van der Waals surface area contributed by atoms with Crippen LogP contribution >= 0.6 is 7.60 Å². The fourth-order valence-corrected chi connectivity index (χ4v) is 6.80. The van der Waals surface area contributed by atoms with Gasteiger partial charge in [-0.2, -0.15) is 0 Å². The lowest BCUT2D eigenvalue weighted by Crippen LogP contribution is -2.41. The fourth-order valence-electron chi connectivity index (χ4n) is 6.16. The molecule has 0 aromatic rings. The number of ether oxygens (including phenoxy) is 4. The van der Waals surface area contributed by atoms with Crippen LogP contribution < -0.4 is 27.0 Å². The summed E-state index contributed by atoms with van der Waals surface area (Å²) in [6.07, 6.45) is 20.0. The summed E-state index contributed by atoms with van der Waals surface area (Å²) in [5, 5.41) is 20.1. The second-order valence-electron chi connectivity index (χ2n) is 15.5. The van der Waals surface area contributed by atoms with Gasteiger partial charge in [0.1, 0.15) is 25.5 Å². The van der Waals surface area contributed by atoms with E-state index >= 15 is 0 Å². The minimum absolute atomic E-state index is 0.00388. The number of carboxylic acids is 1. The van der Waals surface area contributed by atoms with Crippen LogP contribution in [0, 0.1) is 0 Å². The minimum Gasteiger partial charge on any atom is -0.480 e. The molecule has 0 radical (unpaired) electrons. The second kappa shape index (κ2) is 42.0. The van der Waals surface area contributed by atoms with E-state index in [0.717, 1.165) is 51.4 Å². The second-order valence-corrected chi connectivity index (χ2v) is 17.2. The van der Waals surface area contributed by atoms with Crippen molar-refractivity contribution in [2.45, 2.75) is 153 Å². The number of unbranched alkanes of at least 4 members (excludes halogenated alkanes) is 16. The van der Waals surface area contributed by atoms with Gasteiger partial charge in [0.15, 0.2) is 0 Å². The lowest BCUT2D eigenvalue weighted by molar-refractivity contribution is -0.142. The van der Waals surface area contributed by atoms with Gasteiger partial charge in [-0.15, -0.1) is 0 Å². The van der Waals surface area contributed by atoms with Crippen LogP contribution in [0.3, 0.4) is 0 Å². The predicted octanol–water partition coefficient (Wildman–Crippen LogP) is 3.26. The third kappa shape index (κ3) is 43.6. The fraction of sp³-hybridized carbons (Fsp3) is 0.857. The van der Waals surface area contributed by atoms with Gasteiger partial charge in [0.25, 0.3) is 0 Å². The van der Waals surface area contributed by atoms with Crippen molar-refractivity contribution in [2.75, 3.05) is 78.7 Å². The van der Waals surface area contributed by atoms with Crippen molar-refractivity contribution in [2.24, 2.45) is 5.73 Å². The Balaban J connectivity index is 3.63. The molecule has 62 heavy (non-hydrogen) atoms. The Morgan fingerprint density at radius 3 is 1.42 bits per heavy atom. The summed E-state index contributed by atoms with van der Waals surface area (Å²) in [5.41, 5.74) is 5.51. The number of aldehydes is 1. The van der Waals surface area contributed by atoms with Gasteiger partial charge in [-0.25, -0.2) is 4.79 Å². The molecule has 0 saturated heterocycles. The molecule has 0 heterocycles. The van der Waals surface area contributed by atoms with Gasteiger partial charge < -0.3 is 65.6 Å². The van der Waals surface area contributed by atoms with E-state index in [9.17, 15) is 38.4 Å². The molecule has 19 nitrogen and oxygen atoms in total. The first kappa shape index (κ1) is 59.0. The van der Waals surface area contributed by atoms with Crippen molar-refractivity contribution in [3.05, 3.63) is 0 Å². The average molecular weight is 910 g/mol. The quantitative estimate of drug-likeness (QED) is 0.0247. The topological polar surface area (TPSA) is 291 Å².